The van der Waals surface area contributed by atoms with Crippen LogP contribution in [0.25, 0.3) is 0 Å². The maximum atomic E-state index is 10.4. The van der Waals surface area contributed by atoms with Crippen LogP contribution >= 0.6 is 0 Å². The molecule has 110 valence electrons. The SMILES string of the molecule is COc1ccc2c(c1O)[C@H](Cc1ccc(O)cc1)NCC2. The van der Waals surface area contributed by atoms with Crippen molar-refractivity contribution in [2.45, 2.75) is 18.9 Å². The third kappa shape index (κ3) is 2.67. The summed E-state index contributed by atoms with van der Waals surface area (Å²) in [5, 5.41) is 23.2. The van der Waals surface area contributed by atoms with Gasteiger partial charge in [0.25, 0.3) is 0 Å². The second-order valence-electron chi connectivity index (χ2n) is 5.32. The Hall–Kier alpha value is -2.20. The van der Waals surface area contributed by atoms with E-state index in [9.17, 15) is 10.2 Å². The lowest BCUT2D eigenvalue weighted by Crippen LogP contribution is -2.31. The van der Waals surface area contributed by atoms with Crippen LogP contribution in [0.15, 0.2) is 36.4 Å². The number of hydrogen-bond acceptors (Lipinski definition) is 4. The fourth-order valence-electron chi connectivity index (χ4n) is 2.93. The van der Waals surface area contributed by atoms with Gasteiger partial charge in [-0.05, 0) is 48.7 Å². The molecule has 0 aromatic heterocycles. The average molecular weight is 285 g/mol. The van der Waals surface area contributed by atoms with Crippen molar-refractivity contribution >= 4 is 0 Å². The van der Waals surface area contributed by atoms with Crippen molar-refractivity contribution < 1.29 is 14.9 Å². The van der Waals surface area contributed by atoms with Crippen LogP contribution in [0, 0.1) is 0 Å². The molecule has 3 N–H and O–H groups in total. The Balaban J connectivity index is 1.94. The van der Waals surface area contributed by atoms with Gasteiger partial charge in [-0.1, -0.05) is 18.2 Å². The first-order chi connectivity index (χ1) is 10.2. The molecule has 2 aromatic carbocycles. The van der Waals surface area contributed by atoms with Gasteiger partial charge in [0.15, 0.2) is 11.5 Å². The van der Waals surface area contributed by atoms with Crippen molar-refractivity contribution in [1.29, 1.82) is 0 Å². The van der Waals surface area contributed by atoms with E-state index >= 15 is 0 Å². The van der Waals surface area contributed by atoms with E-state index in [2.05, 4.69) is 5.32 Å². The molecule has 3 rings (SSSR count). The molecule has 4 heteroatoms. The number of fused-ring (bicyclic) bond motifs is 1. The molecule has 1 aliphatic rings. The predicted molar refractivity (Wildman–Crippen MR) is 80.9 cm³/mol. The monoisotopic (exact) mass is 285 g/mol. The van der Waals surface area contributed by atoms with Crippen LogP contribution in [0.3, 0.4) is 0 Å². The van der Waals surface area contributed by atoms with Crippen LogP contribution in [0.5, 0.6) is 17.2 Å². The van der Waals surface area contributed by atoms with Crippen LogP contribution in [-0.4, -0.2) is 23.9 Å². The molecule has 4 nitrogen and oxygen atoms in total. The highest BCUT2D eigenvalue weighted by Gasteiger charge is 2.25. The molecule has 0 bridgehead atoms. The Bertz CT molecular complexity index is 637. The number of methoxy groups -OCH3 is 1. The molecule has 0 amide bonds. The zero-order valence-corrected chi connectivity index (χ0v) is 12.0. The van der Waals surface area contributed by atoms with Crippen molar-refractivity contribution in [2.24, 2.45) is 0 Å². The fourth-order valence-corrected chi connectivity index (χ4v) is 2.93. The van der Waals surface area contributed by atoms with Gasteiger partial charge in [-0.2, -0.15) is 0 Å². The summed E-state index contributed by atoms with van der Waals surface area (Å²) in [7, 11) is 1.56. The summed E-state index contributed by atoms with van der Waals surface area (Å²) in [5.41, 5.74) is 3.20. The van der Waals surface area contributed by atoms with E-state index in [0.29, 0.717) is 5.75 Å². The molecule has 0 spiro atoms. The van der Waals surface area contributed by atoms with Crippen LogP contribution in [-0.2, 0) is 12.8 Å². The van der Waals surface area contributed by atoms with Crippen molar-refractivity contribution in [3.8, 4) is 17.2 Å². The van der Waals surface area contributed by atoms with E-state index in [0.717, 1.165) is 36.1 Å². The first-order valence-electron chi connectivity index (χ1n) is 7.09. The lowest BCUT2D eigenvalue weighted by molar-refractivity contribution is 0.361. The van der Waals surface area contributed by atoms with Crippen LogP contribution in [0.1, 0.15) is 22.7 Å². The molecule has 21 heavy (non-hydrogen) atoms. The van der Waals surface area contributed by atoms with Gasteiger partial charge in [-0.15, -0.1) is 0 Å². The minimum absolute atomic E-state index is 0.0494. The van der Waals surface area contributed by atoms with Crippen molar-refractivity contribution in [1.82, 2.24) is 5.32 Å². The summed E-state index contributed by atoms with van der Waals surface area (Å²) in [5.74, 6) is 0.999. The van der Waals surface area contributed by atoms with Crippen molar-refractivity contribution in [3.05, 3.63) is 53.1 Å². The van der Waals surface area contributed by atoms with Gasteiger partial charge >= 0.3 is 0 Å². The molecule has 2 aromatic rings. The van der Waals surface area contributed by atoms with Crippen molar-refractivity contribution in [3.63, 3.8) is 0 Å². The Morgan fingerprint density at radius 3 is 2.62 bits per heavy atom. The van der Waals surface area contributed by atoms with Gasteiger partial charge in [0.1, 0.15) is 5.75 Å². The van der Waals surface area contributed by atoms with Gasteiger partial charge in [0.05, 0.1) is 7.11 Å². The number of hydrogen-bond donors (Lipinski definition) is 3. The normalized spacial score (nSPS) is 17.3. The van der Waals surface area contributed by atoms with Gasteiger partial charge in [0, 0.05) is 11.6 Å². The van der Waals surface area contributed by atoms with E-state index in [-0.39, 0.29) is 17.5 Å². The first kappa shape index (κ1) is 13.8. The highest BCUT2D eigenvalue weighted by atomic mass is 16.5. The van der Waals surface area contributed by atoms with Crippen molar-refractivity contribution in [2.75, 3.05) is 13.7 Å². The molecular weight excluding hydrogens is 266 g/mol. The third-order valence-electron chi connectivity index (χ3n) is 4.00. The molecule has 1 heterocycles. The molecule has 0 unspecified atom stereocenters. The maximum Gasteiger partial charge on any atom is 0.162 e. The minimum Gasteiger partial charge on any atom is -0.508 e. The molecule has 0 saturated carbocycles. The fraction of sp³-hybridized carbons (Fsp3) is 0.294. The highest BCUT2D eigenvalue weighted by Crippen LogP contribution is 2.39. The van der Waals surface area contributed by atoms with Crippen LogP contribution < -0.4 is 10.1 Å². The molecule has 0 fully saturated rings. The number of aromatic hydroxyl groups is 2. The number of phenolic OH excluding ortho intramolecular Hbond substituents is 2. The van der Waals surface area contributed by atoms with Gasteiger partial charge in [-0.3, -0.25) is 0 Å². The summed E-state index contributed by atoms with van der Waals surface area (Å²) in [6, 6.07) is 11.1. The van der Waals surface area contributed by atoms with Gasteiger partial charge in [-0.25, -0.2) is 0 Å². The summed E-state index contributed by atoms with van der Waals surface area (Å²) < 4.78 is 5.21. The molecule has 0 aliphatic carbocycles. The molecule has 0 saturated heterocycles. The predicted octanol–water partition coefficient (Wildman–Crippen LogP) is 2.54. The lowest BCUT2D eigenvalue weighted by atomic mass is 9.89. The Morgan fingerprint density at radius 2 is 1.90 bits per heavy atom. The highest BCUT2D eigenvalue weighted by molar-refractivity contribution is 5.52. The molecule has 0 radical (unpaired) electrons. The summed E-state index contributed by atoms with van der Waals surface area (Å²) in [4.78, 5) is 0. The van der Waals surface area contributed by atoms with E-state index in [1.807, 2.05) is 24.3 Å². The molecule has 1 atom stereocenters. The lowest BCUT2D eigenvalue weighted by Gasteiger charge is -2.28. The standard InChI is InChI=1S/C17H19NO3/c1-21-15-7-4-12-8-9-18-14(16(12)17(15)20)10-11-2-5-13(19)6-3-11/h2-7,14,18-20H,8-10H2,1H3/t14-/m0/s1. The van der Waals surface area contributed by atoms with Gasteiger partial charge in [0.2, 0.25) is 0 Å². The first-order valence-corrected chi connectivity index (χ1v) is 7.09. The zero-order chi connectivity index (χ0) is 14.8. The Kier molecular flexibility index (Phi) is 3.71. The second-order valence-corrected chi connectivity index (χ2v) is 5.32. The molecular formula is C17H19NO3. The summed E-state index contributed by atoms with van der Waals surface area (Å²) in [6.07, 6.45) is 1.66. The average Bonchev–Trinajstić information content (AvgIpc) is 2.50. The number of rotatable bonds is 3. The number of nitrogens with one attached hydrogen (secondary N) is 1. The number of benzene rings is 2. The number of ether oxygens (including phenoxy) is 1. The smallest absolute Gasteiger partial charge is 0.162 e. The Morgan fingerprint density at radius 1 is 1.14 bits per heavy atom. The number of phenols is 2. The molecule has 1 aliphatic heterocycles. The summed E-state index contributed by atoms with van der Waals surface area (Å²) >= 11 is 0. The minimum atomic E-state index is 0.0494. The quantitative estimate of drug-likeness (QED) is 0.811. The van der Waals surface area contributed by atoms with Gasteiger partial charge < -0.3 is 20.3 Å². The Labute approximate surface area is 124 Å². The van der Waals surface area contributed by atoms with E-state index in [4.69, 9.17) is 4.74 Å². The van der Waals surface area contributed by atoms with Crippen LogP contribution in [0.4, 0.5) is 0 Å². The summed E-state index contributed by atoms with van der Waals surface area (Å²) in [6.45, 7) is 0.890. The second kappa shape index (κ2) is 5.66. The third-order valence-corrected chi connectivity index (χ3v) is 4.00. The topological polar surface area (TPSA) is 61.7 Å². The zero-order valence-electron chi connectivity index (χ0n) is 12.0. The van der Waals surface area contributed by atoms with E-state index < -0.39 is 0 Å². The largest absolute Gasteiger partial charge is 0.508 e. The maximum absolute atomic E-state index is 10.4. The van der Waals surface area contributed by atoms with Crippen LogP contribution in [0.2, 0.25) is 0 Å². The van der Waals surface area contributed by atoms with E-state index in [1.54, 1.807) is 19.2 Å². The van der Waals surface area contributed by atoms with E-state index in [1.165, 1.54) is 0 Å².